The van der Waals surface area contributed by atoms with Gasteiger partial charge < -0.3 is 4.90 Å². The number of benzene rings is 2. The van der Waals surface area contributed by atoms with Gasteiger partial charge in [-0.05, 0) is 54.4 Å². The lowest BCUT2D eigenvalue weighted by atomic mass is 10.0. The molecule has 1 heterocycles. The summed E-state index contributed by atoms with van der Waals surface area (Å²) in [4.78, 5) is 19.0. The minimum atomic E-state index is -0.448. The van der Waals surface area contributed by atoms with Crippen LogP contribution in [-0.4, -0.2) is 15.8 Å². The highest BCUT2D eigenvalue weighted by atomic mass is 79.9. The summed E-state index contributed by atoms with van der Waals surface area (Å²) < 4.78 is 14.5. The standard InChI is InChI=1S/C21H17BrClFN2O/c1-14(19-8-7-17(22)11-20(19)23)26(13-15-4-3-9-25-12-15)21(27)16-5-2-6-18(24)10-16/h2-12,14H,13H2,1H3. The van der Waals surface area contributed by atoms with E-state index >= 15 is 0 Å². The fraction of sp³-hybridized carbons (Fsp3) is 0.143. The minimum absolute atomic E-state index is 0.273. The van der Waals surface area contributed by atoms with Crippen LogP contribution in [0.3, 0.4) is 0 Å². The topological polar surface area (TPSA) is 33.2 Å². The first-order valence-corrected chi connectivity index (χ1v) is 9.53. The van der Waals surface area contributed by atoms with E-state index in [1.165, 1.54) is 18.2 Å². The molecule has 0 aliphatic rings. The number of aromatic nitrogens is 1. The maximum absolute atomic E-state index is 13.6. The summed E-state index contributed by atoms with van der Waals surface area (Å²) in [6.45, 7) is 2.24. The molecule has 3 rings (SSSR count). The van der Waals surface area contributed by atoms with E-state index in [0.29, 0.717) is 17.1 Å². The Labute approximate surface area is 170 Å². The predicted octanol–water partition coefficient (Wildman–Crippen LogP) is 6.04. The molecule has 27 heavy (non-hydrogen) atoms. The van der Waals surface area contributed by atoms with Gasteiger partial charge in [0.1, 0.15) is 5.82 Å². The van der Waals surface area contributed by atoms with Gasteiger partial charge in [-0.3, -0.25) is 9.78 Å². The van der Waals surface area contributed by atoms with Crippen LogP contribution in [0.15, 0.2) is 71.5 Å². The molecule has 138 valence electrons. The van der Waals surface area contributed by atoms with Gasteiger partial charge in [0.05, 0.1) is 6.04 Å². The summed E-state index contributed by atoms with van der Waals surface area (Å²) in [6, 6.07) is 14.7. The van der Waals surface area contributed by atoms with E-state index in [1.807, 2.05) is 31.2 Å². The summed E-state index contributed by atoms with van der Waals surface area (Å²) in [5.41, 5.74) is 1.98. The van der Waals surface area contributed by atoms with Gasteiger partial charge in [-0.25, -0.2) is 4.39 Å². The van der Waals surface area contributed by atoms with E-state index in [4.69, 9.17) is 11.6 Å². The Morgan fingerprint density at radius 3 is 2.70 bits per heavy atom. The molecular formula is C21H17BrClFN2O. The second-order valence-corrected chi connectivity index (χ2v) is 7.47. The molecule has 3 aromatic rings. The Kier molecular flexibility index (Phi) is 6.24. The predicted molar refractivity (Wildman–Crippen MR) is 108 cm³/mol. The molecule has 0 bridgehead atoms. The van der Waals surface area contributed by atoms with E-state index in [9.17, 15) is 9.18 Å². The Balaban J connectivity index is 1.99. The third-order valence-electron chi connectivity index (χ3n) is 4.29. The van der Waals surface area contributed by atoms with E-state index in [-0.39, 0.29) is 11.9 Å². The second kappa shape index (κ2) is 8.63. The summed E-state index contributed by atoms with van der Waals surface area (Å²) in [7, 11) is 0. The molecule has 0 radical (unpaired) electrons. The number of carbonyl (C=O) groups excluding carboxylic acids is 1. The molecule has 0 aliphatic heterocycles. The SMILES string of the molecule is CC(c1ccc(Br)cc1Cl)N(Cc1cccnc1)C(=O)c1cccc(F)c1. The molecule has 0 N–H and O–H groups in total. The molecule has 6 heteroatoms. The van der Waals surface area contributed by atoms with E-state index in [0.717, 1.165) is 15.6 Å². The number of rotatable bonds is 5. The number of hydrogen-bond donors (Lipinski definition) is 0. The maximum atomic E-state index is 13.6. The highest BCUT2D eigenvalue weighted by Crippen LogP contribution is 2.31. The average Bonchev–Trinajstić information content (AvgIpc) is 2.66. The van der Waals surface area contributed by atoms with Crippen molar-refractivity contribution in [1.29, 1.82) is 0 Å². The van der Waals surface area contributed by atoms with Crippen molar-refractivity contribution in [3.63, 3.8) is 0 Å². The van der Waals surface area contributed by atoms with Crippen LogP contribution in [0.1, 0.15) is 34.5 Å². The Hall–Kier alpha value is -2.24. The normalized spacial score (nSPS) is 11.9. The van der Waals surface area contributed by atoms with Crippen molar-refractivity contribution in [3.05, 3.63) is 99.0 Å². The molecule has 0 spiro atoms. The Bertz CT molecular complexity index is 952. The number of amides is 1. The summed E-state index contributed by atoms with van der Waals surface area (Å²) in [5.74, 6) is -0.721. The number of halogens is 3. The lowest BCUT2D eigenvalue weighted by Crippen LogP contribution is -2.33. The molecule has 0 saturated carbocycles. The van der Waals surface area contributed by atoms with Crippen LogP contribution in [0, 0.1) is 5.82 Å². The van der Waals surface area contributed by atoms with E-state index in [2.05, 4.69) is 20.9 Å². The molecule has 1 atom stereocenters. The minimum Gasteiger partial charge on any atom is -0.327 e. The van der Waals surface area contributed by atoms with Gasteiger partial charge in [0, 0.05) is 34.0 Å². The third-order valence-corrected chi connectivity index (χ3v) is 5.11. The summed E-state index contributed by atoms with van der Waals surface area (Å²) in [5, 5.41) is 0.556. The molecule has 0 fully saturated rings. The summed E-state index contributed by atoms with van der Waals surface area (Å²) in [6.07, 6.45) is 3.39. The van der Waals surface area contributed by atoms with Gasteiger partial charge >= 0.3 is 0 Å². The Morgan fingerprint density at radius 1 is 1.22 bits per heavy atom. The number of nitrogens with zero attached hydrogens (tertiary/aromatic N) is 2. The highest BCUT2D eigenvalue weighted by molar-refractivity contribution is 9.10. The number of carbonyl (C=O) groups is 1. The molecule has 0 aliphatic carbocycles. The van der Waals surface area contributed by atoms with Crippen molar-refractivity contribution < 1.29 is 9.18 Å². The van der Waals surface area contributed by atoms with E-state index < -0.39 is 5.82 Å². The van der Waals surface area contributed by atoms with Crippen molar-refractivity contribution in [2.45, 2.75) is 19.5 Å². The van der Waals surface area contributed by atoms with Crippen LogP contribution in [0.25, 0.3) is 0 Å². The van der Waals surface area contributed by atoms with Crippen LogP contribution >= 0.6 is 27.5 Å². The molecule has 1 unspecified atom stereocenters. The zero-order valence-electron chi connectivity index (χ0n) is 14.6. The van der Waals surface area contributed by atoms with Crippen molar-refractivity contribution in [2.24, 2.45) is 0 Å². The first kappa shape index (κ1) is 19.5. The monoisotopic (exact) mass is 446 g/mol. The van der Waals surface area contributed by atoms with Crippen molar-refractivity contribution in [3.8, 4) is 0 Å². The van der Waals surface area contributed by atoms with Crippen LogP contribution in [0.4, 0.5) is 4.39 Å². The molecule has 1 aromatic heterocycles. The number of hydrogen-bond acceptors (Lipinski definition) is 2. The molecule has 2 aromatic carbocycles. The van der Waals surface area contributed by atoms with Gasteiger partial charge in [0.15, 0.2) is 0 Å². The lowest BCUT2D eigenvalue weighted by Gasteiger charge is -2.30. The van der Waals surface area contributed by atoms with Crippen molar-refractivity contribution in [2.75, 3.05) is 0 Å². The van der Waals surface area contributed by atoms with Gasteiger partial charge in [-0.2, -0.15) is 0 Å². The Morgan fingerprint density at radius 2 is 2.04 bits per heavy atom. The quantitative estimate of drug-likeness (QED) is 0.478. The molecule has 0 saturated heterocycles. The molecule has 3 nitrogen and oxygen atoms in total. The van der Waals surface area contributed by atoms with Crippen LogP contribution < -0.4 is 0 Å². The third kappa shape index (κ3) is 4.73. The average molecular weight is 448 g/mol. The van der Waals surface area contributed by atoms with Crippen LogP contribution in [-0.2, 0) is 6.54 Å². The maximum Gasteiger partial charge on any atom is 0.254 e. The van der Waals surface area contributed by atoms with Crippen molar-refractivity contribution in [1.82, 2.24) is 9.88 Å². The van der Waals surface area contributed by atoms with E-state index in [1.54, 1.807) is 29.4 Å². The largest absolute Gasteiger partial charge is 0.327 e. The zero-order chi connectivity index (χ0) is 19.4. The van der Waals surface area contributed by atoms with Crippen LogP contribution in [0.5, 0.6) is 0 Å². The second-order valence-electron chi connectivity index (χ2n) is 6.15. The zero-order valence-corrected chi connectivity index (χ0v) is 16.9. The fourth-order valence-corrected chi connectivity index (χ4v) is 3.70. The van der Waals surface area contributed by atoms with Gasteiger partial charge in [0.25, 0.3) is 5.91 Å². The van der Waals surface area contributed by atoms with Crippen molar-refractivity contribution >= 4 is 33.4 Å². The molecular weight excluding hydrogens is 431 g/mol. The number of pyridine rings is 1. The van der Waals surface area contributed by atoms with Gasteiger partial charge in [-0.1, -0.05) is 45.7 Å². The highest BCUT2D eigenvalue weighted by Gasteiger charge is 2.25. The van der Waals surface area contributed by atoms with Gasteiger partial charge in [-0.15, -0.1) is 0 Å². The van der Waals surface area contributed by atoms with Crippen LogP contribution in [0.2, 0.25) is 5.02 Å². The first-order chi connectivity index (χ1) is 13.0. The van der Waals surface area contributed by atoms with Gasteiger partial charge in [0.2, 0.25) is 0 Å². The fourth-order valence-electron chi connectivity index (χ4n) is 2.87. The lowest BCUT2D eigenvalue weighted by molar-refractivity contribution is 0.0673. The first-order valence-electron chi connectivity index (χ1n) is 8.36. The summed E-state index contributed by atoms with van der Waals surface area (Å²) >= 11 is 9.80. The smallest absolute Gasteiger partial charge is 0.254 e. The molecule has 1 amide bonds.